The Morgan fingerprint density at radius 3 is 2.55 bits per heavy atom. The zero-order valence-corrected chi connectivity index (χ0v) is 19.8. The van der Waals surface area contributed by atoms with Gasteiger partial charge in [0.05, 0.1) is 19.3 Å². The molecule has 0 spiro atoms. The third-order valence-electron chi connectivity index (χ3n) is 8.07. The number of aldehydes is 1. The first-order valence-corrected chi connectivity index (χ1v) is 12.3. The summed E-state index contributed by atoms with van der Waals surface area (Å²) in [6, 6.07) is -1.48. The number of carbonyl (C=O) groups excluding carboxylic acids is 4. The average Bonchev–Trinajstić information content (AvgIpc) is 3.40. The second kappa shape index (κ2) is 10.1. The fourth-order valence-electron chi connectivity index (χ4n) is 6.39. The minimum absolute atomic E-state index is 0.0822. The fraction of sp³-hybridized carbons (Fsp3) is 0.833. The van der Waals surface area contributed by atoms with E-state index in [0.29, 0.717) is 69.0 Å². The van der Waals surface area contributed by atoms with Gasteiger partial charge in [-0.25, -0.2) is 0 Å². The van der Waals surface area contributed by atoms with Crippen LogP contribution in [0, 0.1) is 41.4 Å². The summed E-state index contributed by atoms with van der Waals surface area (Å²) in [5.74, 6) is 0.937. The normalized spacial score (nSPS) is 36.4. The van der Waals surface area contributed by atoms with E-state index in [1.165, 1.54) is 0 Å². The summed E-state index contributed by atoms with van der Waals surface area (Å²) in [5.41, 5.74) is 0. The zero-order valence-electron chi connectivity index (χ0n) is 19.8. The van der Waals surface area contributed by atoms with Gasteiger partial charge in [0.1, 0.15) is 12.3 Å². The third-order valence-corrected chi connectivity index (χ3v) is 8.07. The Morgan fingerprint density at radius 1 is 1.18 bits per heavy atom. The molecule has 3 N–H and O–H groups in total. The Balaban J connectivity index is 1.35. The molecule has 2 bridgehead atoms. The molecule has 0 aromatic heterocycles. The molecular weight excluding hydrogens is 426 g/mol. The number of hydrogen-bond donors (Lipinski definition) is 3. The van der Waals surface area contributed by atoms with E-state index in [4.69, 9.17) is 9.47 Å². The second-order valence-corrected chi connectivity index (χ2v) is 10.7. The molecule has 3 heterocycles. The Labute approximate surface area is 195 Å². The van der Waals surface area contributed by atoms with Crippen molar-refractivity contribution in [3.63, 3.8) is 0 Å². The van der Waals surface area contributed by atoms with Crippen LogP contribution >= 0.6 is 0 Å². The summed E-state index contributed by atoms with van der Waals surface area (Å²) in [6.45, 7) is 8.03. The summed E-state index contributed by atoms with van der Waals surface area (Å²) in [7, 11) is 0. The van der Waals surface area contributed by atoms with Gasteiger partial charge in [0, 0.05) is 24.8 Å². The van der Waals surface area contributed by atoms with E-state index in [9.17, 15) is 19.2 Å². The summed E-state index contributed by atoms with van der Waals surface area (Å²) in [6.07, 6.45) is 2.28. The number of hydrogen-bond acceptors (Lipinski definition) is 6. The van der Waals surface area contributed by atoms with Crippen LogP contribution in [-0.4, -0.2) is 62.1 Å². The molecule has 9 atom stereocenters. The SMILES string of the molecule is CC(C)C[C@H](NC(=O)C[C@H]1C2CO[C@H]3OC[C@@H]1C3[C@H]2C)C(=O)N[C@H](C=O)CC1CCNC1=O. The van der Waals surface area contributed by atoms with E-state index in [1.807, 2.05) is 13.8 Å². The molecule has 3 unspecified atom stereocenters. The Morgan fingerprint density at radius 2 is 1.91 bits per heavy atom. The van der Waals surface area contributed by atoms with Crippen LogP contribution in [-0.2, 0) is 28.7 Å². The number of nitrogens with one attached hydrogen (secondary N) is 3. The van der Waals surface area contributed by atoms with E-state index in [2.05, 4.69) is 22.9 Å². The lowest BCUT2D eigenvalue weighted by atomic mass is 9.85. The highest BCUT2D eigenvalue weighted by atomic mass is 16.7. The highest BCUT2D eigenvalue weighted by molar-refractivity contribution is 5.89. The maximum Gasteiger partial charge on any atom is 0.243 e. The Kier molecular flexibility index (Phi) is 7.38. The minimum Gasteiger partial charge on any atom is -0.356 e. The summed E-state index contributed by atoms with van der Waals surface area (Å²) >= 11 is 0. The lowest BCUT2D eigenvalue weighted by Gasteiger charge is -2.33. The van der Waals surface area contributed by atoms with Crippen molar-refractivity contribution in [1.29, 1.82) is 0 Å². The van der Waals surface area contributed by atoms with Gasteiger partial charge in [-0.2, -0.15) is 0 Å². The fourth-order valence-corrected chi connectivity index (χ4v) is 6.39. The van der Waals surface area contributed by atoms with Crippen molar-refractivity contribution in [3.05, 3.63) is 0 Å². The van der Waals surface area contributed by atoms with Crippen molar-refractivity contribution in [2.24, 2.45) is 41.4 Å². The van der Waals surface area contributed by atoms with Crippen molar-refractivity contribution >= 4 is 24.0 Å². The predicted octanol–water partition coefficient (Wildman–Crippen LogP) is 0.618. The molecule has 9 heteroatoms. The van der Waals surface area contributed by atoms with Gasteiger partial charge >= 0.3 is 0 Å². The van der Waals surface area contributed by atoms with Gasteiger partial charge in [0.25, 0.3) is 0 Å². The number of carbonyl (C=O) groups is 4. The van der Waals surface area contributed by atoms with Crippen molar-refractivity contribution in [2.45, 2.75) is 64.8 Å². The topological polar surface area (TPSA) is 123 Å². The maximum absolute atomic E-state index is 13.0. The standard InChI is InChI=1S/C24H37N3O6/c1-12(2)6-19(23(31)26-15(9-28)7-14-4-5-25-22(14)30)27-20(29)8-16-17-10-32-24-21(13(17)3)18(16)11-33-24/h9,12-19,21,24H,4-8,10-11H2,1-3H3,(H,25,30)(H,26,31)(H,27,29)/t13-,14?,15-,16-,17?,18-,19-,21?,24-/m0/s1. The highest BCUT2D eigenvalue weighted by Gasteiger charge is 2.58. The molecule has 184 valence electrons. The molecule has 4 fully saturated rings. The van der Waals surface area contributed by atoms with Gasteiger partial charge in [-0.05, 0) is 48.9 Å². The van der Waals surface area contributed by atoms with E-state index < -0.39 is 12.1 Å². The van der Waals surface area contributed by atoms with Crippen LogP contribution < -0.4 is 16.0 Å². The van der Waals surface area contributed by atoms with Crippen LogP contribution in [0.5, 0.6) is 0 Å². The monoisotopic (exact) mass is 463 g/mol. The summed E-state index contributed by atoms with van der Waals surface area (Å²) < 4.78 is 11.6. The quantitative estimate of drug-likeness (QED) is 0.408. The molecule has 1 aliphatic carbocycles. The molecule has 0 aromatic carbocycles. The third kappa shape index (κ3) is 5.09. The van der Waals surface area contributed by atoms with Crippen LogP contribution in [0.15, 0.2) is 0 Å². The zero-order chi connectivity index (χ0) is 23.7. The van der Waals surface area contributed by atoms with Crippen LogP contribution in [0.3, 0.4) is 0 Å². The van der Waals surface area contributed by atoms with Gasteiger partial charge in [0.2, 0.25) is 17.7 Å². The van der Waals surface area contributed by atoms with Crippen molar-refractivity contribution in [1.82, 2.24) is 16.0 Å². The lowest BCUT2D eigenvalue weighted by molar-refractivity contribution is -0.180. The number of amides is 3. The van der Waals surface area contributed by atoms with Crippen LogP contribution in [0.1, 0.15) is 46.5 Å². The van der Waals surface area contributed by atoms with Gasteiger partial charge in [-0.15, -0.1) is 0 Å². The van der Waals surface area contributed by atoms with Crippen molar-refractivity contribution in [2.75, 3.05) is 19.8 Å². The molecule has 1 saturated carbocycles. The molecule has 0 aromatic rings. The first-order chi connectivity index (χ1) is 15.8. The van der Waals surface area contributed by atoms with Crippen LogP contribution in [0.25, 0.3) is 0 Å². The average molecular weight is 464 g/mol. The number of fused-ring (bicyclic) bond motifs is 1. The highest BCUT2D eigenvalue weighted by Crippen LogP contribution is 2.55. The molecule has 0 radical (unpaired) electrons. The van der Waals surface area contributed by atoms with Gasteiger partial charge in [0.15, 0.2) is 6.29 Å². The summed E-state index contributed by atoms with van der Waals surface area (Å²) in [5, 5.41) is 8.43. The molecule has 4 rings (SSSR count). The minimum atomic E-state index is -0.752. The largest absolute Gasteiger partial charge is 0.356 e. The molecule has 33 heavy (non-hydrogen) atoms. The maximum atomic E-state index is 13.0. The molecule has 3 aliphatic heterocycles. The molecular formula is C24H37N3O6. The van der Waals surface area contributed by atoms with Crippen molar-refractivity contribution in [3.8, 4) is 0 Å². The number of rotatable bonds is 10. The molecule has 4 aliphatic rings. The van der Waals surface area contributed by atoms with Crippen molar-refractivity contribution < 1.29 is 28.7 Å². The van der Waals surface area contributed by atoms with Gasteiger partial charge in [-0.1, -0.05) is 20.8 Å². The van der Waals surface area contributed by atoms with Gasteiger partial charge < -0.3 is 30.2 Å². The Bertz CT molecular complexity index is 773. The number of ether oxygens (including phenoxy) is 2. The van der Waals surface area contributed by atoms with E-state index in [1.54, 1.807) is 0 Å². The van der Waals surface area contributed by atoms with Crippen LogP contribution in [0.2, 0.25) is 0 Å². The lowest BCUT2D eigenvalue weighted by Crippen LogP contribution is -2.51. The smallest absolute Gasteiger partial charge is 0.243 e. The molecule has 3 saturated heterocycles. The van der Waals surface area contributed by atoms with Gasteiger partial charge in [-0.3, -0.25) is 14.4 Å². The molecule has 3 amide bonds. The first-order valence-electron chi connectivity index (χ1n) is 12.3. The van der Waals surface area contributed by atoms with Crippen LogP contribution in [0.4, 0.5) is 0 Å². The molecule has 9 nitrogen and oxygen atoms in total. The first kappa shape index (κ1) is 24.1. The second-order valence-electron chi connectivity index (χ2n) is 10.7. The van der Waals surface area contributed by atoms with E-state index in [0.717, 1.165) is 0 Å². The van der Waals surface area contributed by atoms with E-state index >= 15 is 0 Å². The van der Waals surface area contributed by atoms with E-state index in [-0.39, 0.29) is 48.2 Å². The summed E-state index contributed by atoms with van der Waals surface area (Å²) in [4.78, 5) is 49.5. The predicted molar refractivity (Wildman–Crippen MR) is 119 cm³/mol. The Hall–Kier alpha value is -2.00.